The van der Waals surface area contributed by atoms with Crippen LogP contribution in [0.4, 0.5) is 0 Å². The van der Waals surface area contributed by atoms with Gasteiger partial charge in [0.1, 0.15) is 5.75 Å². The third-order valence-electron chi connectivity index (χ3n) is 2.34. The van der Waals surface area contributed by atoms with Crippen LogP contribution in [0.25, 0.3) is 0 Å². The summed E-state index contributed by atoms with van der Waals surface area (Å²) < 4.78 is 0. The summed E-state index contributed by atoms with van der Waals surface area (Å²) in [7, 11) is 0.242. The molecule has 0 aliphatic rings. The molecule has 0 atom stereocenters. The molecule has 1 N–H and O–H groups in total. The van der Waals surface area contributed by atoms with Crippen molar-refractivity contribution in [2.45, 2.75) is 16.7 Å². The van der Waals surface area contributed by atoms with Crippen molar-refractivity contribution in [1.29, 1.82) is 0 Å². The molecule has 94 valence electrons. The molecule has 3 heteroatoms. The van der Waals surface area contributed by atoms with Gasteiger partial charge in [-0.1, -0.05) is 42.9 Å². The summed E-state index contributed by atoms with van der Waals surface area (Å²) in [6, 6.07) is 21.5. The summed E-state index contributed by atoms with van der Waals surface area (Å²) in [5.41, 5.74) is 0. The first-order chi connectivity index (χ1) is 8.83. The van der Waals surface area contributed by atoms with Gasteiger partial charge in [0, 0.05) is 0 Å². The van der Waals surface area contributed by atoms with Gasteiger partial charge in [-0.25, -0.2) is 0 Å². The van der Waals surface area contributed by atoms with Crippen molar-refractivity contribution in [2.75, 3.05) is 5.75 Å². The molecule has 0 radical (unpaired) electrons. The molecule has 0 spiro atoms. The van der Waals surface area contributed by atoms with E-state index in [1.165, 1.54) is 15.5 Å². The van der Waals surface area contributed by atoms with Crippen LogP contribution < -0.4 is 0 Å². The molecular weight excluding hydrogens is 244 g/mol. The van der Waals surface area contributed by atoms with Crippen LogP contribution in [0, 0.1) is 0 Å². The molecule has 2 nitrogen and oxygen atoms in total. The zero-order chi connectivity index (χ0) is 13.2. The number of hydrogen-bond acceptors (Lipinski definition) is 1. The summed E-state index contributed by atoms with van der Waals surface area (Å²) in [5, 5.41) is 6.76. The standard InChI is InChI=1S/C14H15S.CHO2/c1-2-15(13-9-5-3-6-10-13)14-11-7-4-8-12-14;2-1-3/h3-12H,2H2,1H3;(H,2,3)/q+1;-1. The van der Waals surface area contributed by atoms with Gasteiger partial charge in [0.25, 0.3) is 0 Å². The van der Waals surface area contributed by atoms with Crippen LogP contribution >= 0.6 is 0 Å². The molecule has 18 heavy (non-hydrogen) atoms. The second kappa shape index (κ2) is 8.37. The summed E-state index contributed by atoms with van der Waals surface area (Å²) in [4.78, 5) is 11.1. The van der Waals surface area contributed by atoms with Crippen molar-refractivity contribution in [3.63, 3.8) is 0 Å². The third-order valence-corrected chi connectivity index (χ3v) is 4.60. The highest BCUT2D eigenvalue weighted by Crippen LogP contribution is 2.22. The van der Waals surface area contributed by atoms with Crippen molar-refractivity contribution in [3.8, 4) is 0 Å². The maximum absolute atomic E-state index is 8.24. The van der Waals surface area contributed by atoms with Crippen LogP contribution in [-0.2, 0) is 15.7 Å². The highest BCUT2D eigenvalue weighted by Gasteiger charge is 2.21. The van der Waals surface area contributed by atoms with Gasteiger partial charge in [0.2, 0.25) is 0 Å². The second-order valence-electron chi connectivity index (χ2n) is 3.40. The minimum Gasteiger partial charge on any atom is -0.665 e. The number of rotatable bonds is 3. The zero-order valence-electron chi connectivity index (χ0n) is 10.2. The number of benzene rings is 2. The lowest BCUT2D eigenvalue weighted by atomic mass is 10.4. The molecule has 0 fully saturated rings. The van der Waals surface area contributed by atoms with Crippen molar-refractivity contribution in [1.82, 2.24) is 0 Å². The van der Waals surface area contributed by atoms with Gasteiger partial charge in [-0.15, -0.1) is 0 Å². The molecule has 0 aliphatic carbocycles. The first-order valence-corrected chi connectivity index (χ1v) is 7.05. The van der Waals surface area contributed by atoms with Crippen LogP contribution in [0.5, 0.6) is 0 Å². The van der Waals surface area contributed by atoms with Crippen molar-refractivity contribution >= 4 is 17.4 Å². The highest BCUT2D eigenvalue weighted by atomic mass is 32.2. The largest absolute Gasteiger partial charge is 0.665 e. The molecular formula is C15H16O2S. The Balaban J connectivity index is 0.000000492. The van der Waals surface area contributed by atoms with Gasteiger partial charge >= 0.3 is 0 Å². The third kappa shape index (κ3) is 4.26. The Bertz CT molecular complexity index is 403. The molecule has 2 rings (SSSR count). The smallest absolute Gasteiger partial charge is 0.160 e. The fraction of sp³-hybridized carbons (Fsp3) is 0.133. The minimum absolute atomic E-state index is 0.242. The van der Waals surface area contributed by atoms with E-state index in [-0.39, 0.29) is 10.9 Å². The van der Waals surface area contributed by atoms with E-state index in [4.69, 9.17) is 9.90 Å². The monoisotopic (exact) mass is 260 g/mol. The van der Waals surface area contributed by atoms with Gasteiger partial charge in [-0.3, -0.25) is 0 Å². The molecule has 0 saturated carbocycles. The van der Waals surface area contributed by atoms with E-state index < -0.39 is 0 Å². The Kier molecular flexibility index (Phi) is 6.66. The van der Waals surface area contributed by atoms with Crippen LogP contribution in [0.3, 0.4) is 0 Å². The lowest BCUT2D eigenvalue weighted by Crippen LogP contribution is -2.05. The normalized spacial score (nSPS) is 9.44. The van der Waals surface area contributed by atoms with Crippen LogP contribution in [-0.4, -0.2) is 17.3 Å². The van der Waals surface area contributed by atoms with Crippen LogP contribution in [0.15, 0.2) is 70.5 Å². The van der Waals surface area contributed by atoms with E-state index in [9.17, 15) is 0 Å². The van der Waals surface area contributed by atoms with E-state index in [1.807, 2.05) is 0 Å². The van der Waals surface area contributed by atoms with Gasteiger partial charge in [-0.05, 0) is 31.2 Å². The Hall–Kier alpha value is -1.74. The minimum atomic E-state index is 0.242. The van der Waals surface area contributed by atoms with Crippen LogP contribution in [0.1, 0.15) is 6.92 Å². The molecule has 2 aromatic rings. The topological polar surface area (TPSA) is 37.3 Å². The van der Waals surface area contributed by atoms with Crippen molar-refractivity contribution in [3.05, 3.63) is 60.7 Å². The molecule has 0 heterocycles. The van der Waals surface area contributed by atoms with E-state index in [0.29, 0.717) is 6.47 Å². The van der Waals surface area contributed by atoms with Gasteiger partial charge in [0.15, 0.2) is 9.79 Å². The molecule has 0 aromatic heterocycles. The zero-order valence-corrected chi connectivity index (χ0v) is 11.1. The Morgan fingerprint density at radius 2 is 1.28 bits per heavy atom. The van der Waals surface area contributed by atoms with E-state index in [1.54, 1.807) is 0 Å². The van der Waals surface area contributed by atoms with Gasteiger partial charge in [-0.2, -0.15) is 0 Å². The molecule has 0 unspecified atom stereocenters. The summed E-state index contributed by atoms with van der Waals surface area (Å²) >= 11 is 0. The Morgan fingerprint density at radius 3 is 1.56 bits per heavy atom. The first-order valence-electron chi connectivity index (χ1n) is 5.65. The van der Waals surface area contributed by atoms with Crippen molar-refractivity contribution < 1.29 is 9.90 Å². The fourth-order valence-corrected chi connectivity index (χ4v) is 3.55. The summed E-state index contributed by atoms with van der Waals surface area (Å²) in [6.07, 6.45) is 0. The molecule has 2 aromatic carbocycles. The van der Waals surface area contributed by atoms with Crippen LogP contribution in [0.2, 0.25) is 0 Å². The number of hydrogen-bond donors (Lipinski definition) is 1. The fourth-order valence-electron chi connectivity index (χ4n) is 1.64. The first kappa shape index (κ1) is 14.3. The summed E-state index contributed by atoms with van der Waals surface area (Å²) in [6.45, 7) is 2.75. The quantitative estimate of drug-likeness (QED) is 0.678. The van der Waals surface area contributed by atoms with E-state index in [2.05, 4.69) is 67.6 Å². The van der Waals surface area contributed by atoms with E-state index >= 15 is 0 Å². The van der Waals surface area contributed by atoms with Gasteiger partial charge < -0.3 is 9.90 Å². The maximum atomic E-state index is 8.24. The lowest BCUT2D eigenvalue weighted by Gasteiger charge is -2.04. The van der Waals surface area contributed by atoms with Crippen molar-refractivity contribution in [2.24, 2.45) is 0 Å². The van der Waals surface area contributed by atoms with Gasteiger partial charge in [0.05, 0.1) is 10.9 Å². The molecule has 0 saturated heterocycles. The average molecular weight is 260 g/mol. The SMILES string of the molecule is CC[S+](c1ccccc1)c1ccccc1.O=[C-]O. The Morgan fingerprint density at radius 1 is 0.944 bits per heavy atom. The predicted octanol–water partition coefficient (Wildman–Crippen LogP) is 3.35. The molecule has 0 aliphatic heterocycles. The Labute approximate surface area is 111 Å². The maximum Gasteiger partial charge on any atom is 0.160 e. The summed E-state index contributed by atoms with van der Waals surface area (Å²) in [5.74, 6) is 1.17. The highest BCUT2D eigenvalue weighted by molar-refractivity contribution is 7.97. The lowest BCUT2D eigenvalue weighted by molar-refractivity contribution is 0.437. The molecule has 0 amide bonds. The predicted molar refractivity (Wildman–Crippen MR) is 75.6 cm³/mol. The number of aliphatic hydroxyl groups excluding tert-OH is 1. The average Bonchev–Trinajstić information content (AvgIpc) is 2.43. The second-order valence-corrected chi connectivity index (χ2v) is 5.70. The molecule has 0 bridgehead atoms. The van der Waals surface area contributed by atoms with E-state index in [0.717, 1.165) is 0 Å².